The summed E-state index contributed by atoms with van der Waals surface area (Å²) in [5.74, 6) is 0.396. The molecule has 0 saturated carbocycles. The molecule has 5 heterocycles. The zero-order chi connectivity index (χ0) is 20.0. The van der Waals surface area contributed by atoms with E-state index in [0.717, 1.165) is 25.5 Å². The highest BCUT2D eigenvalue weighted by Gasteiger charge is 2.28. The zero-order valence-corrected chi connectivity index (χ0v) is 18.9. The average Bonchev–Trinajstić information content (AvgIpc) is 3.47. The molecule has 0 aliphatic carbocycles. The van der Waals surface area contributed by atoms with Crippen molar-refractivity contribution in [1.82, 2.24) is 15.3 Å². The quantitative estimate of drug-likeness (QED) is 0.404. The summed E-state index contributed by atoms with van der Waals surface area (Å²) >= 11 is 4.84. The molecule has 0 spiro atoms. The molecule has 5 rings (SSSR count). The van der Waals surface area contributed by atoms with E-state index in [1.807, 2.05) is 35.0 Å². The fraction of sp³-hybridized carbons (Fsp3) is 0.100. The lowest BCUT2D eigenvalue weighted by molar-refractivity contribution is -0.124. The molecule has 0 unspecified atom stereocenters. The summed E-state index contributed by atoms with van der Waals surface area (Å²) in [7, 11) is 0. The minimum absolute atomic E-state index is 0. The van der Waals surface area contributed by atoms with Gasteiger partial charge in [0.1, 0.15) is 22.2 Å². The van der Waals surface area contributed by atoms with E-state index < -0.39 is 5.91 Å². The van der Waals surface area contributed by atoms with Crippen LogP contribution in [-0.4, -0.2) is 21.8 Å². The van der Waals surface area contributed by atoms with Crippen LogP contribution < -0.4 is 10.6 Å². The van der Waals surface area contributed by atoms with Crippen molar-refractivity contribution in [1.29, 1.82) is 0 Å². The van der Waals surface area contributed by atoms with Crippen molar-refractivity contribution in [3.05, 3.63) is 62.4 Å². The molecule has 0 bridgehead atoms. The third-order valence-electron chi connectivity index (χ3n) is 4.59. The molecule has 2 N–H and O–H groups in total. The molecular weight excluding hydrogens is 460 g/mol. The third-order valence-corrected chi connectivity index (χ3v) is 7.24. The highest BCUT2D eigenvalue weighted by atomic mass is 35.5. The first-order valence-electron chi connectivity index (χ1n) is 8.78. The van der Waals surface area contributed by atoms with E-state index in [4.69, 9.17) is 9.97 Å². The first-order chi connectivity index (χ1) is 14.1. The smallest absolute Gasteiger partial charge is 0.275 e. The number of aromatic nitrogens is 2. The fourth-order valence-corrected chi connectivity index (χ4v) is 5.63. The number of anilines is 1. The Morgan fingerprint density at radius 1 is 1.03 bits per heavy atom. The fourth-order valence-electron chi connectivity index (χ4n) is 3.15. The van der Waals surface area contributed by atoms with Gasteiger partial charge in [0.2, 0.25) is 0 Å². The summed E-state index contributed by atoms with van der Waals surface area (Å²) in [6.07, 6.45) is 0.609. The Morgan fingerprint density at radius 2 is 1.83 bits per heavy atom. The van der Waals surface area contributed by atoms with Crippen molar-refractivity contribution in [2.75, 3.05) is 5.32 Å². The van der Waals surface area contributed by atoms with Crippen molar-refractivity contribution in [3.8, 4) is 10.4 Å². The molecule has 30 heavy (non-hydrogen) atoms. The Balaban J connectivity index is 0.00000218. The van der Waals surface area contributed by atoms with Gasteiger partial charge in [0.25, 0.3) is 11.8 Å². The minimum atomic E-state index is -0.438. The van der Waals surface area contributed by atoms with Gasteiger partial charge < -0.3 is 5.32 Å². The van der Waals surface area contributed by atoms with Gasteiger partial charge in [-0.25, -0.2) is 9.97 Å². The summed E-state index contributed by atoms with van der Waals surface area (Å²) < 4.78 is 0. The normalized spacial score (nSPS) is 13.6. The molecule has 4 aromatic heterocycles. The average molecular weight is 475 g/mol. The van der Waals surface area contributed by atoms with Crippen LogP contribution >= 0.6 is 46.4 Å². The van der Waals surface area contributed by atoms with Crippen molar-refractivity contribution in [2.24, 2.45) is 0 Å². The van der Waals surface area contributed by atoms with Gasteiger partial charge in [-0.2, -0.15) is 0 Å². The highest BCUT2D eigenvalue weighted by molar-refractivity contribution is 7.18. The maximum atomic E-state index is 12.2. The van der Waals surface area contributed by atoms with Crippen LogP contribution in [0.1, 0.15) is 17.6 Å². The van der Waals surface area contributed by atoms with Gasteiger partial charge in [-0.05, 0) is 29.8 Å². The van der Waals surface area contributed by atoms with Crippen LogP contribution in [0.2, 0.25) is 0 Å². The van der Waals surface area contributed by atoms with E-state index in [1.54, 1.807) is 40.9 Å². The number of imide groups is 1. The molecule has 0 atom stereocenters. The van der Waals surface area contributed by atoms with Crippen LogP contribution in [0.4, 0.5) is 5.82 Å². The summed E-state index contributed by atoms with van der Waals surface area (Å²) in [5, 5.41) is 12.4. The second-order valence-electron chi connectivity index (χ2n) is 6.46. The Morgan fingerprint density at radius 3 is 2.50 bits per heavy atom. The second kappa shape index (κ2) is 8.27. The molecule has 10 heteroatoms. The SMILES string of the molecule is CC1=C(Nc2nc(Cc3cccs3)nc3scc(-c4cccs4)c23)C(=O)NC1=O.Cl. The lowest BCUT2D eigenvalue weighted by Gasteiger charge is -2.10. The maximum absolute atomic E-state index is 12.2. The molecular formula is C20H15ClN4O2S3. The van der Waals surface area contributed by atoms with Crippen LogP contribution in [0.5, 0.6) is 0 Å². The number of carbonyl (C=O) groups excluding carboxylic acids is 2. The predicted octanol–water partition coefficient (Wildman–Crippen LogP) is 4.84. The van der Waals surface area contributed by atoms with Gasteiger partial charge in [-0.3, -0.25) is 14.9 Å². The van der Waals surface area contributed by atoms with E-state index in [1.165, 1.54) is 0 Å². The molecule has 152 valence electrons. The number of hydrogen-bond donors (Lipinski definition) is 2. The van der Waals surface area contributed by atoms with Crippen LogP contribution in [0.3, 0.4) is 0 Å². The molecule has 0 saturated heterocycles. The second-order valence-corrected chi connectivity index (χ2v) is 9.30. The molecule has 1 aliphatic rings. The van der Waals surface area contributed by atoms with Crippen molar-refractivity contribution >= 4 is 74.3 Å². The summed E-state index contributed by atoms with van der Waals surface area (Å²) in [6.45, 7) is 1.63. The van der Waals surface area contributed by atoms with Crippen LogP contribution in [-0.2, 0) is 16.0 Å². The Kier molecular flexibility index (Phi) is 5.70. The number of nitrogens with zero attached hydrogens (tertiary/aromatic N) is 2. The summed E-state index contributed by atoms with van der Waals surface area (Å²) in [6, 6.07) is 8.09. The van der Waals surface area contributed by atoms with Gasteiger partial charge in [0, 0.05) is 32.7 Å². The third kappa shape index (κ3) is 3.65. The van der Waals surface area contributed by atoms with E-state index >= 15 is 0 Å². The van der Waals surface area contributed by atoms with Crippen molar-refractivity contribution in [3.63, 3.8) is 0 Å². The van der Waals surface area contributed by atoms with E-state index in [2.05, 4.69) is 16.0 Å². The van der Waals surface area contributed by atoms with Gasteiger partial charge in [-0.15, -0.1) is 46.4 Å². The van der Waals surface area contributed by atoms with E-state index in [9.17, 15) is 9.59 Å². The van der Waals surface area contributed by atoms with Gasteiger partial charge in [0.15, 0.2) is 0 Å². The summed E-state index contributed by atoms with van der Waals surface area (Å²) in [4.78, 5) is 36.7. The Labute approximate surface area is 190 Å². The lowest BCUT2D eigenvalue weighted by Crippen LogP contribution is -2.24. The number of hydrogen-bond acceptors (Lipinski definition) is 8. The van der Waals surface area contributed by atoms with Crippen LogP contribution in [0.25, 0.3) is 20.7 Å². The van der Waals surface area contributed by atoms with E-state index in [0.29, 0.717) is 23.6 Å². The standard InChI is InChI=1S/C20H14N4O2S3.ClH/c1-10-16(19(26)24-18(10)25)23-17-15-12(13-5-3-7-28-13)9-29-20(15)22-14(21-17)8-11-4-2-6-27-11;/h2-7,9H,8H2,1H3,(H2,21,22,23,24,25,26);1H. The highest BCUT2D eigenvalue weighted by Crippen LogP contribution is 2.39. The minimum Gasteiger partial charge on any atom is -0.335 e. The largest absolute Gasteiger partial charge is 0.335 e. The van der Waals surface area contributed by atoms with Crippen molar-refractivity contribution in [2.45, 2.75) is 13.3 Å². The molecule has 2 amide bonds. The number of rotatable bonds is 5. The first-order valence-corrected chi connectivity index (χ1v) is 11.4. The first kappa shape index (κ1) is 20.7. The number of nitrogens with one attached hydrogen (secondary N) is 2. The topological polar surface area (TPSA) is 84.0 Å². The Hall–Kier alpha value is -2.59. The van der Waals surface area contributed by atoms with E-state index in [-0.39, 0.29) is 24.0 Å². The molecule has 6 nitrogen and oxygen atoms in total. The van der Waals surface area contributed by atoms with Crippen molar-refractivity contribution < 1.29 is 9.59 Å². The maximum Gasteiger partial charge on any atom is 0.275 e. The number of thiophene rings is 3. The number of carbonyl (C=O) groups is 2. The van der Waals surface area contributed by atoms with Crippen LogP contribution in [0, 0.1) is 0 Å². The molecule has 0 aromatic carbocycles. The van der Waals surface area contributed by atoms with Gasteiger partial charge in [0.05, 0.1) is 5.39 Å². The molecule has 4 aromatic rings. The van der Waals surface area contributed by atoms with Gasteiger partial charge in [-0.1, -0.05) is 12.1 Å². The number of amides is 2. The molecule has 0 radical (unpaired) electrons. The molecule has 0 fully saturated rings. The monoisotopic (exact) mass is 474 g/mol. The summed E-state index contributed by atoms with van der Waals surface area (Å²) in [5.41, 5.74) is 1.61. The predicted molar refractivity (Wildman–Crippen MR) is 125 cm³/mol. The lowest BCUT2D eigenvalue weighted by atomic mass is 10.2. The Bertz CT molecular complexity index is 1280. The van der Waals surface area contributed by atoms with Crippen LogP contribution in [0.15, 0.2) is 51.7 Å². The van der Waals surface area contributed by atoms with Gasteiger partial charge >= 0.3 is 0 Å². The number of fused-ring (bicyclic) bond motifs is 1. The number of halogens is 1. The molecule has 1 aliphatic heterocycles. The zero-order valence-electron chi connectivity index (χ0n) is 15.6.